The lowest BCUT2D eigenvalue weighted by Gasteiger charge is -2.45. The van der Waals surface area contributed by atoms with Gasteiger partial charge in [0.25, 0.3) is 0 Å². The number of halogens is 1. The monoisotopic (exact) mass is 453 g/mol. The lowest BCUT2D eigenvalue weighted by atomic mass is 9.88. The van der Waals surface area contributed by atoms with Gasteiger partial charge in [0.05, 0.1) is 16.5 Å². The molecule has 4 heterocycles. The van der Waals surface area contributed by atoms with Gasteiger partial charge in [-0.3, -0.25) is 4.98 Å². The number of aromatic nitrogens is 1. The second kappa shape index (κ2) is 7.91. The van der Waals surface area contributed by atoms with E-state index in [2.05, 4.69) is 16.5 Å². The predicted octanol–water partition coefficient (Wildman–Crippen LogP) is 2.49. The predicted molar refractivity (Wildman–Crippen MR) is 113 cm³/mol. The molecule has 11 heteroatoms. The smallest absolute Gasteiger partial charge is 0.245 e. The third-order valence-electron chi connectivity index (χ3n) is 5.05. The summed E-state index contributed by atoms with van der Waals surface area (Å²) in [6, 6.07) is 3.86. The fourth-order valence-corrected chi connectivity index (χ4v) is 7.09. The fraction of sp³-hybridized carbons (Fsp3) is 0.389. The Morgan fingerprint density at radius 3 is 2.83 bits per heavy atom. The fourth-order valence-electron chi connectivity index (χ4n) is 3.58. The summed E-state index contributed by atoms with van der Waals surface area (Å²) in [7, 11) is -2.30. The third-order valence-corrected chi connectivity index (χ3v) is 9.00. The lowest BCUT2D eigenvalue weighted by Crippen LogP contribution is -2.60. The highest BCUT2D eigenvalue weighted by molar-refractivity contribution is 7.90. The van der Waals surface area contributed by atoms with Crippen LogP contribution in [0.2, 0.25) is 5.02 Å². The summed E-state index contributed by atoms with van der Waals surface area (Å²) >= 11 is 8.03. The number of sulfonamides is 1. The maximum atomic E-state index is 13.0. The Morgan fingerprint density at radius 1 is 1.41 bits per heavy atom. The van der Waals surface area contributed by atoms with Crippen LogP contribution in [0.5, 0.6) is 0 Å². The van der Waals surface area contributed by atoms with Crippen molar-refractivity contribution in [1.29, 1.82) is 5.26 Å². The van der Waals surface area contributed by atoms with E-state index >= 15 is 0 Å². The number of thiophene rings is 1. The molecule has 1 fully saturated rings. The van der Waals surface area contributed by atoms with E-state index in [0.29, 0.717) is 22.9 Å². The van der Waals surface area contributed by atoms with Crippen molar-refractivity contribution < 1.29 is 13.2 Å². The number of ether oxygens (including phenoxy) is 1. The van der Waals surface area contributed by atoms with Gasteiger partial charge >= 0.3 is 0 Å². The molecule has 2 aliphatic rings. The highest BCUT2D eigenvalue weighted by Crippen LogP contribution is 2.50. The molecule has 1 unspecified atom stereocenters. The van der Waals surface area contributed by atoms with E-state index in [9.17, 15) is 8.42 Å². The molecule has 154 valence electrons. The van der Waals surface area contributed by atoms with Gasteiger partial charge < -0.3 is 10.5 Å². The molecule has 4 rings (SSSR count). The standard InChI is InChI=1S/C17H19ClN4O3S2.CHN/c1-10-5-11(8-20-7-10)13-6-12(18)15(26-13)17-3-4-25-9-14(17)27(23,24)22(2)16(19)21-17;1-2/h5-8,14H,3-4,9H2,1-2H3,(H2,19,21);1H/t14?,17-;/m0./s1. The van der Waals surface area contributed by atoms with Crippen LogP contribution in [-0.4, -0.2) is 49.2 Å². The summed E-state index contributed by atoms with van der Waals surface area (Å²) in [5.41, 5.74) is 6.91. The number of nitrogens with zero attached hydrogens (tertiary/aromatic N) is 4. The van der Waals surface area contributed by atoms with Crippen LogP contribution in [0, 0.1) is 18.8 Å². The van der Waals surface area contributed by atoms with Gasteiger partial charge in [-0.1, -0.05) is 11.6 Å². The number of nitriles is 1. The molecule has 0 radical (unpaired) electrons. The first-order chi connectivity index (χ1) is 13.8. The molecular weight excluding hydrogens is 434 g/mol. The molecule has 0 saturated carbocycles. The van der Waals surface area contributed by atoms with Gasteiger partial charge in [-0.15, -0.1) is 11.3 Å². The van der Waals surface area contributed by atoms with Crippen LogP contribution < -0.4 is 5.73 Å². The van der Waals surface area contributed by atoms with Crippen LogP contribution in [0.4, 0.5) is 0 Å². The molecule has 29 heavy (non-hydrogen) atoms. The Kier molecular flexibility index (Phi) is 5.87. The van der Waals surface area contributed by atoms with E-state index < -0.39 is 20.8 Å². The molecule has 2 aromatic rings. The first kappa shape index (κ1) is 21.5. The zero-order valence-electron chi connectivity index (χ0n) is 15.9. The number of rotatable bonds is 2. The summed E-state index contributed by atoms with van der Waals surface area (Å²) in [6.07, 6.45) is 3.94. The van der Waals surface area contributed by atoms with Crippen molar-refractivity contribution in [2.24, 2.45) is 10.7 Å². The zero-order chi connectivity index (χ0) is 21.4. The summed E-state index contributed by atoms with van der Waals surface area (Å²) < 4.78 is 32.5. The second-order valence-corrected chi connectivity index (χ2v) is 10.4. The number of hydrogen-bond donors (Lipinski definition) is 1. The molecule has 8 nitrogen and oxygen atoms in total. The van der Waals surface area contributed by atoms with E-state index in [0.717, 1.165) is 20.3 Å². The van der Waals surface area contributed by atoms with Crippen molar-refractivity contribution in [3.63, 3.8) is 0 Å². The molecule has 2 atom stereocenters. The first-order valence-corrected chi connectivity index (χ1v) is 11.3. The maximum Gasteiger partial charge on any atom is 0.245 e. The second-order valence-electron chi connectivity index (χ2n) is 6.76. The minimum absolute atomic E-state index is 0.0311. The van der Waals surface area contributed by atoms with E-state index in [1.54, 1.807) is 12.4 Å². The van der Waals surface area contributed by atoms with E-state index in [4.69, 9.17) is 27.3 Å². The molecule has 0 amide bonds. The van der Waals surface area contributed by atoms with E-state index in [1.165, 1.54) is 18.4 Å². The highest BCUT2D eigenvalue weighted by Gasteiger charge is 2.56. The van der Waals surface area contributed by atoms with Crippen molar-refractivity contribution in [3.8, 4) is 17.0 Å². The normalized spacial score (nSPS) is 25.3. The average molecular weight is 454 g/mol. The molecule has 0 aliphatic carbocycles. The number of fused-ring (bicyclic) bond motifs is 1. The van der Waals surface area contributed by atoms with Crippen LogP contribution in [0.15, 0.2) is 29.5 Å². The molecule has 2 aliphatic heterocycles. The molecule has 0 spiro atoms. The SMILES string of the molecule is C#N.Cc1cncc(-c2cc(Cl)c([C@]34CCOCC3S(=O)(=O)N(C)C(N)=N4)s2)c1. The summed E-state index contributed by atoms with van der Waals surface area (Å²) in [5, 5.41) is 6.12. The third kappa shape index (κ3) is 3.48. The number of nitrogens with two attached hydrogens (primary N) is 1. The lowest BCUT2D eigenvalue weighted by molar-refractivity contribution is 0.0545. The number of guanidine groups is 1. The van der Waals surface area contributed by atoms with Gasteiger partial charge in [0.2, 0.25) is 16.0 Å². The Labute approximate surface area is 178 Å². The van der Waals surface area contributed by atoms with Gasteiger partial charge in [0.15, 0.2) is 0 Å². The summed E-state index contributed by atoms with van der Waals surface area (Å²) in [6.45, 7) is 5.91. The topological polar surface area (TPSA) is 122 Å². The number of hydrogen-bond acceptors (Lipinski definition) is 8. The Hall–Kier alpha value is -2.19. The largest absolute Gasteiger partial charge is 0.380 e. The number of aryl methyl sites for hydroxylation is 1. The van der Waals surface area contributed by atoms with Crippen molar-refractivity contribution >= 4 is 38.9 Å². The molecule has 0 aromatic carbocycles. The van der Waals surface area contributed by atoms with Crippen molar-refractivity contribution in [3.05, 3.63) is 40.0 Å². The van der Waals surface area contributed by atoms with Gasteiger partial charge in [-0.25, -0.2) is 23.0 Å². The average Bonchev–Trinajstić information content (AvgIpc) is 3.10. The molecule has 2 N–H and O–H groups in total. The Bertz CT molecular complexity index is 1080. The van der Waals surface area contributed by atoms with Crippen LogP contribution >= 0.6 is 22.9 Å². The highest BCUT2D eigenvalue weighted by atomic mass is 35.5. The maximum absolute atomic E-state index is 13.0. The van der Waals surface area contributed by atoms with Gasteiger partial charge in [0, 0.05) is 49.5 Å². The van der Waals surface area contributed by atoms with Crippen LogP contribution in [0.3, 0.4) is 0 Å². The van der Waals surface area contributed by atoms with Gasteiger partial charge in [0.1, 0.15) is 10.8 Å². The first-order valence-electron chi connectivity index (χ1n) is 8.64. The molecule has 1 saturated heterocycles. The number of pyridine rings is 1. The van der Waals surface area contributed by atoms with E-state index in [1.807, 2.05) is 19.1 Å². The Balaban J connectivity index is 0.00000117. The minimum Gasteiger partial charge on any atom is -0.380 e. The summed E-state index contributed by atoms with van der Waals surface area (Å²) in [5.74, 6) is -0.0311. The minimum atomic E-state index is -3.71. The van der Waals surface area contributed by atoms with Crippen molar-refractivity contribution in [2.45, 2.75) is 24.1 Å². The van der Waals surface area contributed by atoms with E-state index in [-0.39, 0.29) is 12.6 Å². The Morgan fingerprint density at radius 2 is 2.14 bits per heavy atom. The molecular formula is C18H20ClN5O3S2. The van der Waals surface area contributed by atoms with Crippen molar-refractivity contribution in [1.82, 2.24) is 9.29 Å². The van der Waals surface area contributed by atoms with Gasteiger partial charge in [-0.05, 0) is 24.6 Å². The quantitative estimate of drug-likeness (QED) is 0.745. The van der Waals surface area contributed by atoms with Crippen molar-refractivity contribution in [2.75, 3.05) is 20.3 Å². The summed E-state index contributed by atoms with van der Waals surface area (Å²) in [4.78, 5) is 10.5. The van der Waals surface area contributed by atoms with Crippen LogP contribution in [-0.2, 0) is 20.3 Å². The van der Waals surface area contributed by atoms with Crippen LogP contribution in [0.1, 0.15) is 16.9 Å². The van der Waals surface area contributed by atoms with Crippen LogP contribution in [0.25, 0.3) is 10.4 Å². The van der Waals surface area contributed by atoms with Gasteiger partial charge in [-0.2, -0.15) is 0 Å². The number of aliphatic imine (C=N–C) groups is 1. The molecule has 0 bridgehead atoms. The molecule has 2 aromatic heterocycles. The zero-order valence-corrected chi connectivity index (χ0v) is 18.3.